The molecule has 0 fully saturated rings. The zero-order valence-electron chi connectivity index (χ0n) is 8.79. The van der Waals surface area contributed by atoms with E-state index in [1.54, 1.807) is 6.92 Å². The number of azo groups is 1. The molecule has 2 N–H and O–H groups in total. The predicted octanol–water partition coefficient (Wildman–Crippen LogP) is 1.80. The summed E-state index contributed by atoms with van der Waals surface area (Å²) in [4.78, 5) is 2.87. The Morgan fingerprint density at radius 2 is 1.88 bits per heavy atom. The first-order valence-electron chi connectivity index (χ1n) is 4.67. The number of aliphatic imine (C=N–C) groups is 1. The molecule has 8 heteroatoms. The molecule has 5 atom stereocenters. The van der Waals surface area contributed by atoms with Crippen LogP contribution in [0, 0.1) is 0 Å². The summed E-state index contributed by atoms with van der Waals surface area (Å²) in [5.74, 6) is 0. The number of nitrogens with zero attached hydrogens (tertiary/aromatic N) is 3. The third-order valence-corrected chi connectivity index (χ3v) is 4.78. The van der Waals surface area contributed by atoms with Gasteiger partial charge in [-0.2, -0.15) is 0 Å². The van der Waals surface area contributed by atoms with Gasteiger partial charge in [0.05, 0.1) is 12.2 Å². The van der Waals surface area contributed by atoms with Gasteiger partial charge < -0.3 is 10.2 Å². The monoisotopic (exact) mass is 285 g/mol. The summed E-state index contributed by atoms with van der Waals surface area (Å²) < 4.78 is -0.630. The Balaban J connectivity index is 2.82. The topological polar surface area (TPSA) is 77.5 Å². The molecule has 1 aliphatic rings. The minimum Gasteiger partial charge on any atom is -0.392 e. The number of halogens is 2. The van der Waals surface area contributed by atoms with Gasteiger partial charge in [-0.1, -0.05) is 11.8 Å². The molecule has 0 aliphatic carbocycles. The summed E-state index contributed by atoms with van der Waals surface area (Å²) in [6, 6.07) is 0. The Hall–Kier alpha value is 0.120. The van der Waals surface area contributed by atoms with Crippen LogP contribution in [-0.4, -0.2) is 43.8 Å². The maximum Gasteiger partial charge on any atom is 0.238 e. The molecule has 0 saturated heterocycles. The molecule has 0 saturated carbocycles. The van der Waals surface area contributed by atoms with E-state index >= 15 is 0 Å². The van der Waals surface area contributed by atoms with Gasteiger partial charge >= 0.3 is 0 Å². The third kappa shape index (κ3) is 3.07. The lowest BCUT2D eigenvalue weighted by atomic mass is 10.2. The number of alkyl halides is 2. The fourth-order valence-corrected chi connectivity index (χ4v) is 2.77. The van der Waals surface area contributed by atoms with Crippen LogP contribution in [0.4, 0.5) is 0 Å². The first kappa shape index (κ1) is 14.2. The van der Waals surface area contributed by atoms with E-state index in [1.807, 2.05) is 0 Å². The second-order valence-electron chi connectivity index (χ2n) is 3.47. The van der Waals surface area contributed by atoms with Crippen molar-refractivity contribution in [2.75, 3.05) is 0 Å². The fraction of sp³-hybridized carbons (Fsp3) is 0.875. The normalized spacial score (nSPS) is 31.4. The molecular weight excluding hydrogens is 273 g/mol. The summed E-state index contributed by atoms with van der Waals surface area (Å²) in [5, 5.41) is 25.6. The highest BCUT2D eigenvalue weighted by Crippen LogP contribution is 2.43. The summed E-state index contributed by atoms with van der Waals surface area (Å²) in [6.07, 6.45) is -0.301. The standard InChI is InChI=1S/C8H13Cl2N3O2S/c1-4(14)6(9)8(11-3-12-13-8)16-7(10)5(2)15/h3-7,14-15H,1-2H3. The minimum atomic E-state index is -1.15. The Bertz CT molecular complexity index is 287. The molecule has 0 aromatic carbocycles. The van der Waals surface area contributed by atoms with Crippen LogP contribution in [0.5, 0.6) is 0 Å². The van der Waals surface area contributed by atoms with Crippen LogP contribution in [0.3, 0.4) is 0 Å². The van der Waals surface area contributed by atoms with E-state index in [0.29, 0.717) is 0 Å². The lowest BCUT2D eigenvalue weighted by Crippen LogP contribution is -2.39. The molecule has 0 spiro atoms. The first-order valence-corrected chi connectivity index (χ1v) is 6.42. The average molecular weight is 286 g/mol. The SMILES string of the molecule is CC(O)C(Cl)SC1(C(Cl)C(C)O)N=CN=N1. The van der Waals surface area contributed by atoms with Crippen molar-refractivity contribution in [3.63, 3.8) is 0 Å². The van der Waals surface area contributed by atoms with Gasteiger partial charge in [0.1, 0.15) is 16.4 Å². The molecular formula is C8H13Cl2N3O2S. The predicted molar refractivity (Wildman–Crippen MR) is 66.3 cm³/mol. The lowest BCUT2D eigenvalue weighted by Gasteiger charge is -2.30. The van der Waals surface area contributed by atoms with E-state index in [-0.39, 0.29) is 0 Å². The summed E-state index contributed by atoms with van der Waals surface area (Å²) >= 11 is 13.0. The molecule has 1 heterocycles. The number of aliphatic hydroxyl groups is 2. The van der Waals surface area contributed by atoms with Crippen LogP contribution in [0.2, 0.25) is 0 Å². The second kappa shape index (κ2) is 5.64. The molecule has 0 aromatic rings. The van der Waals surface area contributed by atoms with Gasteiger partial charge in [-0.05, 0) is 13.8 Å². The molecule has 5 nitrogen and oxygen atoms in total. The number of hydrogen-bond donors (Lipinski definition) is 2. The minimum absolute atomic E-state index is 0.630. The zero-order chi connectivity index (χ0) is 12.3. The lowest BCUT2D eigenvalue weighted by molar-refractivity contribution is 0.174. The molecule has 1 rings (SSSR count). The summed E-state index contributed by atoms with van der Waals surface area (Å²) in [5.41, 5.74) is 0. The fourth-order valence-electron chi connectivity index (χ4n) is 1.07. The van der Waals surface area contributed by atoms with E-state index < -0.39 is 27.3 Å². The van der Waals surface area contributed by atoms with Crippen molar-refractivity contribution in [2.45, 2.75) is 41.1 Å². The van der Waals surface area contributed by atoms with Crippen molar-refractivity contribution in [3.8, 4) is 0 Å². The molecule has 0 amide bonds. The number of aliphatic hydroxyl groups excluding tert-OH is 2. The average Bonchev–Trinajstić information content (AvgIpc) is 2.66. The highest BCUT2D eigenvalue weighted by molar-refractivity contribution is 8.02. The van der Waals surface area contributed by atoms with Crippen LogP contribution in [0.25, 0.3) is 0 Å². The second-order valence-corrected chi connectivity index (χ2v) is 6.01. The third-order valence-electron chi connectivity index (χ3n) is 1.94. The zero-order valence-corrected chi connectivity index (χ0v) is 11.1. The molecule has 0 aromatic heterocycles. The van der Waals surface area contributed by atoms with Crippen molar-refractivity contribution >= 4 is 41.3 Å². The molecule has 0 bridgehead atoms. The van der Waals surface area contributed by atoms with Crippen molar-refractivity contribution in [2.24, 2.45) is 15.2 Å². The Morgan fingerprint density at radius 3 is 2.25 bits per heavy atom. The van der Waals surface area contributed by atoms with Gasteiger partial charge in [0.15, 0.2) is 0 Å². The van der Waals surface area contributed by atoms with E-state index in [9.17, 15) is 10.2 Å². The van der Waals surface area contributed by atoms with Gasteiger partial charge in [0.2, 0.25) is 4.99 Å². The molecule has 5 unspecified atom stereocenters. The number of rotatable bonds is 5. The number of hydrogen-bond acceptors (Lipinski definition) is 6. The summed E-state index contributed by atoms with van der Waals surface area (Å²) in [6.45, 7) is 3.09. The molecule has 16 heavy (non-hydrogen) atoms. The number of thioether (sulfide) groups is 1. The molecule has 0 radical (unpaired) electrons. The van der Waals surface area contributed by atoms with Crippen molar-refractivity contribution in [1.29, 1.82) is 0 Å². The van der Waals surface area contributed by atoms with Crippen LogP contribution in [0.15, 0.2) is 15.2 Å². The highest BCUT2D eigenvalue weighted by Gasteiger charge is 2.45. The maximum absolute atomic E-state index is 9.47. The molecule has 92 valence electrons. The van der Waals surface area contributed by atoms with Gasteiger partial charge in [-0.3, -0.25) is 0 Å². The van der Waals surface area contributed by atoms with Crippen LogP contribution >= 0.6 is 35.0 Å². The molecule has 1 aliphatic heterocycles. The Morgan fingerprint density at radius 1 is 1.25 bits per heavy atom. The van der Waals surface area contributed by atoms with Gasteiger partial charge in [-0.25, -0.2) is 4.99 Å². The quantitative estimate of drug-likeness (QED) is 0.756. The Kier molecular flexibility index (Phi) is 5.00. The Labute approximate surface area is 108 Å². The van der Waals surface area contributed by atoms with E-state index in [4.69, 9.17) is 23.2 Å². The van der Waals surface area contributed by atoms with Crippen LogP contribution < -0.4 is 0 Å². The van der Waals surface area contributed by atoms with Gasteiger partial charge in [0, 0.05) is 0 Å². The van der Waals surface area contributed by atoms with Crippen molar-refractivity contribution in [3.05, 3.63) is 0 Å². The van der Waals surface area contributed by atoms with Crippen molar-refractivity contribution in [1.82, 2.24) is 0 Å². The highest BCUT2D eigenvalue weighted by atomic mass is 35.5. The first-order chi connectivity index (χ1) is 7.39. The van der Waals surface area contributed by atoms with Crippen LogP contribution in [0.1, 0.15) is 13.8 Å². The largest absolute Gasteiger partial charge is 0.392 e. The van der Waals surface area contributed by atoms with Gasteiger partial charge in [0.25, 0.3) is 0 Å². The maximum atomic E-state index is 9.47. The summed E-state index contributed by atoms with van der Waals surface area (Å²) in [7, 11) is 0. The van der Waals surface area contributed by atoms with Crippen LogP contribution in [-0.2, 0) is 0 Å². The van der Waals surface area contributed by atoms with Gasteiger partial charge in [-0.15, -0.1) is 33.4 Å². The van der Waals surface area contributed by atoms with E-state index in [2.05, 4.69) is 15.2 Å². The smallest absolute Gasteiger partial charge is 0.238 e. The van der Waals surface area contributed by atoms with E-state index in [0.717, 1.165) is 11.8 Å². The van der Waals surface area contributed by atoms with E-state index in [1.165, 1.54) is 13.3 Å². The van der Waals surface area contributed by atoms with Crippen molar-refractivity contribution < 1.29 is 10.2 Å².